The molecule has 0 radical (unpaired) electrons. The van der Waals surface area contributed by atoms with Crippen LogP contribution >= 0.6 is 0 Å². The molecule has 0 aromatic rings. The Balaban J connectivity index is 1.79. The van der Waals surface area contributed by atoms with Crippen molar-refractivity contribution in [3.05, 3.63) is 0 Å². The molecular weight excluding hydrogens is 244 g/mol. The fourth-order valence-corrected chi connectivity index (χ4v) is 3.04. The molecule has 0 unspecified atom stereocenters. The van der Waals surface area contributed by atoms with Gasteiger partial charge >= 0.3 is 0 Å². The first-order valence-corrected chi connectivity index (χ1v) is 7.40. The van der Waals surface area contributed by atoms with Gasteiger partial charge in [0.25, 0.3) is 0 Å². The maximum Gasteiger partial charge on any atom is 0.225 e. The van der Waals surface area contributed by atoms with Gasteiger partial charge in [0.1, 0.15) is 0 Å². The zero-order chi connectivity index (χ0) is 13.7. The topological polar surface area (TPSA) is 60.9 Å². The Morgan fingerprint density at radius 3 is 2.11 bits per heavy atom. The predicted molar refractivity (Wildman–Crippen MR) is 71.4 cm³/mol. The van der Waals surface area contributed by atoms with E-state index in [0.29, 0.717) is 26.2 Å². The smallest absolute Gasteiger partial charge is 0.225 e. The van der Waals surface area contributed by atoms with E-state index in [-0.39, 0.29) is 30.8 Å². The molecule has 2 rings (SSSR count). The molecular formula is C14H24N2O3. The van der Waals surface area contributed by atoms with E-state index in [4.69, 9.17) is 5.11 Å². The molecule has 2 aliphatic rings. The lowest BCUT2D eigenvalue weighted by Crippen LogP contribution is -2.52. The van der Waals surface area contributed by atoms with E-state index in [9.17, 15) is 9.59 Å². The van der Waals surface area contributed by atoms with Gasteiger partial charge in [-0.25, -0.2) is 0 Å². The summed E-state index contributed by atoms with van der Waals surface area (Å²) < 4.78 is 0. The number of nitrogens with zero attached hydrogens (tertiary/aromatic N) is 2. The van der Waals surface area contributed by atoms with Gasteiger partial charge in [0.2, 0.25) is 11.8 Å². The second-order valence-corrected chi connectivity index (χ2v) is 5.51. The van der Waals surface area contributed by atoms with E-state index in [0.717, 1.165) is 12.8 Å². The highest BCUT2D eigenvalue weighted by Crippen LogP contribution is 2.25. The molecule has 1 aliphatic carbocycles. The SMILES string of the molecule is O=C(CCO)N1CCN(C(=O)C2CCCCC2)CC1. The zero-order valence-electron chi connectivity index (χ0n) is 11.5. The van der Waals surface area contributed by atoms with E-state index in [1.165, 1.54) is 19.3 Å². The largest absolute Gasteiger partial charge is 0.396 e. The summed E-state index contributed by atoms with van der Waals surface area (Å²) in [5.41, 5.74) is 0. The lowest BCUT2D eigenvalue weighted by molar-refractivity contribution is -0.143. The van der Waals surface area contributed by atoms with E-state index < -0.39 is 0 Å². The summed E-state index contributed by atoms with van der Waals surface area (Å²) in [6, 6.07) is 0. The first-order valence-electron chi connectivity index (χ1n) is 7.40. The third kappa shape index (κ3) is 3.69. The van der Waals surface area contributed by atoms with Gasteiger partial charge in [-0.1, -0.05) is 19.3 Å². The second-order valence-electron chi connectivity index (χ2n) is 5.51. The van der Waals surface area contributed by atoms with Crippen molar-refractivity contribution in [3.63, 3.8) is 0 Å². The van der Waals surface area contributed by atoms with Crippen molar-refractivity contribution in [1.29, 1.82) is 0 Å². The van der Waals surface area contributed by atoms with Gasteiger partial charge in [0, 0.05) is 38.5 Å². The minimum atomic E-state index is -0.0972. The summed E-state index contributed by atoms with van der Waals surface area (Å²) in [6.45, 7) is 2.41. The molecule has 108 valence electrons. The highest BCUT2D eigenvalue weighted by atomic mass is 16.3. The molecule has 0 spiro atoms. The molecule has 2 amide bonds. The maximum atomic E-state index is 12.3. The average Bonchev–Trinajstić information content (AvgIpc) is 2.48. The summed E-state index contributed by atoms with van der Waals surface area (Å²) in [6.07, 6.45) is 5.85. The van der Waals surface area contributed by atoms with Gasteiger partial charge in [0.15, 0.2) is 0 Å². The van der Waals surface area contributed by atoms with Crippen molar-refractivity contribution in [2.75, 3.05) is 32.8 Å². The van der Waals surface area contributed by atoms with Gasteiger partial charge in [0.05, 0.1) is 6.61 Å². The van der Waals surface area contributed by atoms with Crippen LogP contribution in [0.3, 0.4) is 0 Å². The molecule has 1 saturated carbocycles. The Bertz CT molecular complexity index is 319. The first kappa shape index (κ1) is 14.3. The Kier molecular flexibility index (Phi) is 5.19. The number of rotatable bonds is 3. The van der Waals surface area contributed by atoms with Crippen molar-refractivity contribution < 1.29 is 14.7 Å². The predicted octanol–water partition coefficient (Wildman–Crippen LogP) is 0.620. The van der Waals surface area contributed by atoms with E-state index in [1.54, 1.807) is 4.90 Å². The zero-order valence-corrected chi connectivity index (χ0v) is 11.5. The molecule has 1 N–H and O–H groups in total. The Morgan fingerprint density at radius 2 is 1.53 bits per heavy atom. The van der Waals surface area contributed by atoms with Gasteiger partial charge in [-0.05, 0) is 12.8 Å². The Morgan fingerprint density at radius 1 is 0.947 bits per heavy atom. The minimum absolute atomic E-state index is 0.00716. The number of carbonyl (C=O) groups excluding carboxylic acids is 2. The van der Waals surface area contributed by atoms with Gasteiger partial charge in [-0.2, -0.15) is 0 Å². The van der Waals surface area contributed by atoms with Crippen LogP contribution in [0.5, 0.6) is 0 Å². The van der Waals surface area contributed by atoms with Gasteiger partial charge < -0.3 is 14.9 Å². The first-order chi connectivity index (χ1) is 9.22. The molecule has 0 atom stereocenters. The van der Waals surface area contributed by atoms with E-state index in [2.05, 4.69) is 0 Å². The summed E-state index contributed by atoms with van der Waals surface area (Å²) >= 11 is 0. The van der Waals surface area contributed by atoms with Crippen molar-refractivity contribution in [2.45, 2.75) is 38.5 Å². The molecule has 0 bridgehead atoms. The lowest BCUT2D eigenvalue weighted by Gasteiger charge is -2.37. The van der Waals surface area contributed by atoms with Gasteiger partial charge in [-0.3, -0.25) is 9.59 Å². The molecule has 0 aromatic carbocycles. The van der Waals surface area contributed by atoms with Crippen LogP contribution in [0, 0.1) is 5.92 Å². The van der Waals surface area contributed by atoms with Crippen LogP contribution < -0.4 is 0 Å². The third-order valence-corrected chi connectivity index (χ3v) is 4.22. The number of aliphatic hydroxyl groups is 1. The Labute approximate surface area is 114 Å². The number of amides is 2. The van der Waals surface area contributed by atoms with Gasteiger partial charge in [-0.15, -0.1) is 0 Å². The van der Waals surface area contributed by atoms with Crippen LogP contribution in [-0.4, -0.2) is 59.5 Å². The number of aliphatic hydroxyl groups excluding tert-OH is 1. The van der Waals surface area contributed by atoms with Crippen LogP contribution in [-0.2, 0) is 9.59 Å². The molecule has 19 heavy (non-hydrogen) atoms. The van der Waals surface area contributed by atoms with Crippen molar-refractivity contribution in [1.82, 2.24) is 9.80 Å². The van der Waals surface area contributed by atoms with E-state index >= 15 is 0 Å². The summed E-state index contributed by atoms with van der Waals surface area (Å²) in [5.74, 6) is 0.495. The van der Waals surface area contributed by atoms with Crippen LogP contribution in [0.4, 0.5) is 0 Å². The maximum absolute atomic E-state index is 12.3. The Hall–Kier alpha value is -1.10. The van der Waals surface area contributed by atoms with Crippen molar-refractivity contribution in [2.24, 2.45) is 5.92 Å². The van der Waals surface area contributed by atoms with E-state index in [1.807, 2.05) is 4.90 Å². The minimum Gasteiger partial charge on any atom is -0.396 e. The standard InChI is InChI=1S/C14H24N2O3/c17-11-6-13(18)15-7-9-16(10-8-15)14(19)12-4-2-1-3-5-12/h12,17H,1-11H2. The summed E-state index contributed by atoms with van der Waals surface area (Å²) in [7, 11) is 0. The second kappa shape index (κ2) is 6.89. The van der Waals surface area contributed by atoms with Crippen LogP contribution in [0.2, 0.25) is 0 Å². The quantitative estimate of drug-likeness (QED) is 0.816. The summed E-state index contributed by atoms with van der Waals surface area (Å²) in [5, 5.41) is 8.77. The third-order valence-electron chi connectivity index (χ3n) is 4.22. The number of piperazine rings is 1. The molecule has 0 aromatic heterocycles. The number of carbonyl (C=O) groups is 2. The normalized spacial score (nSPS) is 21.5. The molecule has 5 heteroatoms. The fraction of sp³-hybridized carbons (Fsp3) is 0.857. The molecule has 1 saturated heterocycles. The number of hydrogen-bond acceptors (Lipinski definition) is 3. The van der Waals surface area contributed by atoms with Crippen molar-refractivity contribution >= 4 is 11.8 Å². The fourth-order valence-electron chi connectivity index (χ4n) is 3.04. The van der Waals surface area contributed by atoms with Crippen molar-refractivity contribution in [3.8, 4) is 0 Å². The molecule has 1 heterocycles. The summed E-state index contributed by atoms with van der Waals surface area (Å²) in [4.78, 5) is 27.6. The van der Waals surface area contributed by atoms with Crippen LogP contribution in [0.25, 0.3) is 0 Å². The van der Waals surface area contributed by atoms with Crippen LogP contribution in [0.15, 0.2) is 0 Å². The molecule has 2 fully saturated rings. The highest BCUT2D eigenvalue weighted by molar-refractivity contribution is 5.80. The number of hydrogen-bond donors (Lipinski definition) is 1. The average molecular weight is 268 g/mol. The lowest BCUT2D eigenvalue weighted by atomic mass is 9.88. The monoisotopic (exact) mass is 268 g/mol. The molecule has 1 aliphatic heterocycles. The highest BCUT2D eigenvalue weighted by Gasteiger charge is 2.29. The van der Waals surface area contributed by atoms with Crippen LogP contribution in [0.1, 0.15) is 38.5 Å². The molecule has 5 nitrogen and oxygen atoms in total.